The summed E-state index contributed by atoms with van der Waals surface area (Å²) < 4.78 is 10.5. The van der Waals surface area contributed by atoms with Gasteiger partial charge in [-0.25, -0.2) is 0 Å². The van der Waals surface area contributed by atoms with E-state index in [1.54, 1.807) is 38.1 Å². The molecule has 18 heavy (non-hydrogen) atoms. The number of ether oxygens (including phenoxy) is 2. The zero-order chi connectivity index (χ0) is 13.0. The minimum atomic E-state index is -0.158. The van der Waals surface area contributed by atoms with Crippen molar-refractivity contribution in [2.24, 2.45) is 0 Å². The molecule has 98 valence electrons. The van der Waals surface area contributed by atoms with Crippen LogP contribution in [0.5, 0.6) is 11.5 Å². The molecule has 0 aromatic heterocycles. The van der Waals surface area contributed by atoms with Crippen molar-refractivity contribution >= 4 is 17.5 Å². The molecule has 1 N–H and O–H groups in total. The van der Waals surface area contributed by atoms with Crippen LogP contribution < -0.4 is 14.8 Å². The van der Waals surface area contributed by atoms with Gasteiger partial charge >= 0.3 is 0 Å². The van der Waals surface area contributed by atoms with Crippen molar-refractivity contribution in [1.29, 1.82) is 0 Å². The Labute approximate surface area is 111 Å². The summed E-state index contributed by atoms with van der Waals surface area (Å²) in [5, 5.41) is 3.24. The molecule has 0 spiro atoms. The van der Waals surface area contributed by atoms with E-state index in [0.29, 0.717) is 17.1 Å². The van der Waals surface area contributed by atoms with Gasteiger partial charge in [-0.1, -0.05) is 6.07 Å². The van der Waals surface area contributed by atoms with Crippen molar-refractivity contribution in [1.82, 2.24) is 5.32 Å². The molecule has 2 rings (SSSR count). The van der Waals surface area contributed by atoms with E-state index in [9.17, 15) is 4.79 Å². The number of benzene rings is 1. The maximum atomic E-state index is 12.5. The molecular weight excluding hydrogens is 250 g/mol. The largest absolute Gasteiger partial charge is 0.496 e. The lowest BCUT2D eigenvalue weighted by molar-refractivity contribution is 0.0947. The molecule has 5 heteroatoms. The van der Waals surface area contributed by atoms with Crippen molar-refractivity contribution in [2.45, 2.75) is 6.04 Å². The van der Waals surface area contributed by atoms with Crippen LogP contribution in [0.3, 0.4) is 0 Å². The molecule has 0 aliphatic carbocycles. The van der Waals surface area contributed by atoms with Gasteiger partial charge in [-0.15, -0.1) is 0 Å². The van der Waals surface area contributed by atoms with Gasteiger partial charge in [-0.05, 0) is 12.1 Å². The lowest BCUT2D eigenvalue weighted by Crippen LogP contribution is -2.43. The molecule has 1 atom stereocenters. The van der Waals surface area contributed by atoms with E-state index >= 15 is 0 Å². The number of methoxy groups -OCH3 is 2. The van der Waals surface area contributed by atoms with Crippen molar-refractivity contribution < 1.29 is 14.3 Å². The highest BCUT2D eigenvalue weighted by molar-refractivity contribution is 7.99. The molecule has 1 aliphatic heterocycles. The Morgan fingerprint density at radius 3 is 2.50 bits per heavy atom. The van der Waals surface area contributed by atoms with Gasteiger partial charge in [-0.2, -0.15) is 11.8 Å². The average molecular weight is 267 g/mol. The number of rotatable bonds is 4. The van der Waals surface area contributed by atoms with E-state index in [0.717, 1.165) is 18.1 Å². The Kier molecular flexibility index (Phi) is 4.49. The molecule has 1 aromatic rings. The lowest BCUT2D eigenvalue weighted by Gasteiger charge is -2.23. The van der Waals surface area contributed by atoms with Crippen molar-refractivity contribution in [3.05, 3.63) is 23.8 Å². The van der Waals surface area contributed by atoms with Crippen LogP contribution in [0.2, 0.25) is 0 Å². The Hall–Kier alpha value is -1.20. The molecule has 1 aliphatic rings. The molecule has 0 bridgehead atoms. The molecule has 1 aromatic carbocycles. The number of hydrogen-bond acceptors (Lipinski definition) is 5. The number of carbonyl (C=O) groups is 1. The first-order valence-electron chi connectivity index (χ1n) is 5.84. The summed E-state index contributed by atoms with van der Waals surface area (Å²) in [6.45, 7) is 0.860. The van der Waals surface area contributed by atoms with E-state index in [2.05, 4.69) is 5.32 Å². The molecule has 0 amide bonds. The number of nitrogens with one attached hydrogen (secondary N) is 1. The van der Waals surface area contributed by atoms with Gasteiger partial charge in [0.2, 0.25) is 0 Å². The molecular formula is C13H17NO3S. The number of carbonyl (C=O) groups excluding carboxylic acids is 1. The first-order chi connectivity index (χ1) is 8.77. The Balaban J connectivity index is 2.32. The maximum Gasteiger partial charge on any atom is 0.188 e. The second-order valence-electron chi connectivity index (χ2n) is 3.98. The van der Waals surface area contributed by atoms with Crippen LogP contribution >= 0.6 is 11.8 Å². The zero-order valence-corrected chi connectivity index (χ0v) is 11.4. The first kappa shape index (κ1) is 13.2. The van der Waals surface area contributed by atoms with Gasteiger partial charge in [0, 0.05) is 18.1 Å². The maximum absolute atomic E-state index is 12.5. The minimum Gasteiger partial charge on any atom is -0.496 e. The average Bonchev–Trinajstić information content (AvgIpc) is 2.46. The van der Waals surface area contributed by atoms with Crippen LogP contribution in [-0.4, -0.2) is 44.1 Å². The predicted molar refractivity (Wildman–Crippen MR) is 73.0 cm³/mol. The predicted octanol–water partition coefficient (Wildman–Crippen LogP) is 1.59. The number of ketones is 1. The monoisotopic (exact) mass is 267 g/mol. The summed E-state index contributed by atoms with van der Waals surface area (Å²) in [6.07, 6.45) is 0. The highest BCUT2D eigenvalue weighted by Gasteiger charge is 2.27. The normalized spacial score (nSPS) is 19.3. The highest BCUT2D eigenvalue weighted by atomic mass is 32.2. The van der Waals surface area contributed by atoms with Crippen LogP contribution in [-0.2, 0) is 0 Å². The summed E-state index contributed by atoms with van der Waals surface area (Å²) in [6, 6.07) is 5.23. The number of Topliss-reactive ketones (excluding diaryl/α,β-unsaturated/α-hetero) is 1. The third-order valence-electron chi connectivity index (χ3n) is 2.91. The fourth-order valence-corrected chi connectivity index (χ4v) is 2.94. The van der Waals surface area contributed by atoms with E-state index < -0.39 is 0 Å². The third-order valence-corrected chi connectivity index (χ3v) is 3.97. The summed E-state index contributed by atoms with van der Waals surface area (Å²) in [5.74, 6) is 3.01. The van der Waals surface area contributed by atoms with Crippen molar-refractivity contribution in [2.75, 3.05) is 32.3 Å². The van der Waals surface area contributed by atoms with Gasteiger partial charge in [-0.3, -0.25) is 4.79 Å². The second kappa shape index (κ2) is 6.11. The van der Waals surface area contributed by atoms with Crippen LogP contribution in [0.4, 0.5) is 0 Å². The lowest BCUT2D eigenvalue weighted by atomic mass is 10.0. The van der Waals surface area contributed by atoms with Crippen LogP contribution in [0, 0.1) is 0 Å². The van der Waals surface area contributed by atoms with E-state index in [-0.39, 0.29) is 11.8 Å². The number of thioether (sulfide) groups is 1. The van der Waals surface area contributed by atoms with Crippen molar-refractivity contribution in [3.63, 3.8) is 0 Å². The minimum absolute atomic E-state index is 0.0384. The molecule has 1 saturated heterocycles. The zero-order valence-electron chi connectivity index (χ0n) is 10.6. The van der Waals surface area contributed by atoms with Crippen LogP contribution in [0.25, 0.3) is 0 Å². The van der Waals surface area contributed by atoms with E-state index in [4.69, 9.17) is 9.47 Å². The van der Waals surface area contributed by atoms with Crippen molar-refractivity contribution in [3.8, 4) is 11.5 Å². The topological polar surface area (TPSA) is 47.6 Å². The van der Waals surface area contributed by atoms with Crippen LogP contribution in [0.1, 0.15) is 10.4 Å². The second-order valence-corrected chi connectivity index (χ2v) is 5.13. The van der Waals surface area contributed by atoms with E-state index in [1.165, 1.54) is 0 Å². The van der Waals surface area contributed by atoms with Crippen LogP contribution in [0.15, 0.2) is 18.2 Å². The Morgan fingerprint density at radius 2 is 2.00 bits per heavy atom. The fraction of sp³-hybridized carbons (Fsp3) is 0.462. The smallest absolute Gasteiger partial charge is 0.188 e. The molecule has 0 saturated carbocycles. The van der Waals surface area contributed by atoms with Gasteiger partial charge in [0.05, 0.1) is 20.3 Å². The highest BCUT2D eigenvalue weighted by Crippen LogP contribution is 2.30. The Morgan fingerprint density at radius 1 is 1.33 bits per heavy atom. The van der Waals surface area contributed by atoms with Gasteiger partial charge in [0.15, 0.2) is 5.78 Å². The number of hydrogen-bond donors (Lipinski definition) is 1. The quantitative estimate of drug-likeness (QED) is 0.840. The first-order valence-corrected chi connectivity index (χ1v) is 6.99. The van der Waals surface area contributed by atoms with Gasteiger partial charge in [0.25, 0.3) is 0 Å². The molecule has 4 nitrogen and oxygen atoms in total. The summed E-state index contributed by atoms with van der Waals surface area (Å²) in [7, 11) is 3.13. The third kappa shape index (κ3) is 2.62. The SMILES string of the molecule is COc1cccc(OC)c1C(=O)C1CSCCN1. The molecule has 1 fully saturated rings. The molecule has 0 radical (unpaired) electrons. The standard InChI is InChI=1S/C13H17NO3S/c1-16-10-4-3-5-11(17-2)12(10)13(15)9-8-18-7-6-14-9/h3-5,9,14H,6-8H2,1-2H3. The van der Waals surface area contributed by atoms with Gasteiger partial charge in [0.1, 0.15) is 17.1 Å². The molecule has 1 unspecified atom stereocenters. The summed E-state index contributed by atoms with van der Waals surface area (Å²) in [5.41, 5.74) is 0.530. The van der Waals surface area contributed by atoms with E-state index in [1.807, 2.05) is 6.07 Å². The fourth-order valence-electron chi connectivity index (χ4n) is 2.00. The summed E-state index contributed by atoms with van der Waals surface area (Å²) >= 11 is 1.79. The molecule has 1 heterocycles. The Bertz CT molecular complexity index is 408. The summed E-state index contributed by atoms with van der Waals surface area (Å²) in [4.78, 5) is 12.5. The van der Waals surface area contributed by atoms with Gasteiger partial charge < -0.3 is 14.8 Å².